The number of anilines is 2. The molecule has 0 aliphatic carbocycles. The lowest BCUT2D eigenvalue weighted by Gasteiger charge is -2.08. The summed E-state index contributed by atoms with van der Waals surface area (Å²) in [6, 6.07) is 7.21. The van der Waals surface area contributed by atoms with Gasteiger partial charge in [-0.25, -0.2) is 0 Å². The van der Waals surface area contributed by atoms with Crippen LogP contribution in [0.2, 0.25) is 0 Å². The molecule has 0 amide bonds. The third kappa shape index (κ3) is 5.09. The van der Waals surface area contributed by atoms with Crippen molar-refractivity contribution >= 4 is 11.4 Å². The smallest absolute Gasteiger partial charge is 0.121 e. The SMILES string of the molecule is CC.CC(O)Nc1ccc(N)cc1. The molecule has 0 bridgehead atoms. The van der Waals surface area contributed by atoms with Gasteiger partial charge in [-0.1, -0.05) is 13.8 Å². The van der Waals surface area contributed by atoms with Crippen molar-refractivity contribution in [2.24, 2.45) is 0 Å². The number of nitrogens with one attached hydrogen (secondary N) is 1. The molecule has 0 fully saturated rings. The van der Waals surface area contributed by atoms with Crippen molar-refractivity contribution in [3.8, 4) is 0 Å². The summed E-state index contributed by atoms with van der Waals surface area (Å²) in [6.07, 6.45) is -0.529. The third-order valence-corrected chi connectivity index (χ3v) is 1.29. The predicted octanol–water partition coefficient (Wildman–Crippen LogP) is 2.05. The molecule has 13 heavy (non-hydrogen) atoms. The minimum atomic E-state index is -0.529. The highest BCUT2D eigenvalue weighted by atomic mass is 16.3. The summed E-state index contributed by atoms with van der Waals surface area (Å²) in [4.78, 5) is 0. The summed E-state index contributed by atoms with van der Waals surface area (Å²) in [5.74, 6) is 0. The molecule has 0 aliphatic heterocycles. The van der Waals surface area contributed by atoms with E-state index in [2.05, 4.69) is 5.32 Å². The molecule has 0 radical (unpaired) electrons. The van der Waals surface area contributed by atoms with E-state index in [4.69, 9.17) is 10.8 Å². The van der Waals surface area contributed by atoms with Gasteiger partial charge in [0.1, 0.15) is 6.23 Å². The van der Waals surface area contributed by atoms with E-state index in [1.54, 1.807) is 19.1 Å². The number of hydrogen-bond donors (Lipinski definition) is 3. The van der Waals surface area contributed by atoms with Crippen LogP contribution in [-0.2, 0) is 0 Å². The van der Waals surface area contributed by atoms with Crippen molar-refractivity contribution in [3.05, 3.63) is 24.3 Å². The second-order valence-electron chi connectivity index (χ2n) is 2.44. The highest BCUT2D eigenvalue weighted by Crippen LogP contribution is 2.10. The van der Waals surface area contributed by atoms with Crippen LogP contribution in [0.4, 0.5) is 11.4 Å². The first-order chi connectivity index (χ1) is 6.18. The Morgan fingerprint density at radius 2 is 1.69 bits per heavy atom. The number of nitrogen functional groups attached to an aromatic ring is 1. The first-order valence-corrected chi connectivity index (χ1v) is 4.48. The van der Waals surface area contributed by atoms with Gasteiger partial charge in [-0.2, -0.15) is 0 Å². The van der Waals surface area contributed by atoms with E-state index in [9.17, 15) is 0 Å². The van der Waals surface area contributed by atoms with Crippen LogP contribution in [-0.4, -0.2) is 11.3 Å². The molecule has 0 saturated heterocycles. The van der Waals surface area contributed by atoms with Crippen molar-refractivity contribution < 1.29 is 5.11 Å². The van der Waals surface area contributed by atoms with Crippen molar-refractivity contribution in [1.29, 1.82) is 0 Å². The molecule has 4 N–H and O–H groups in total. The quantitative estimate of drug-likeness (QED) is 0.484. The fraction of sp³-hybridized carbons (Fsp3) is 0.400. The van der Waals surface area contributed by atoms with Gasteiger partial charge >= 0.3 is 0 Å². The molecule has 0 spiro atoms. The molecule has 1 unspecified atom stereocenters. The topological polar surface area (TPSA) is 58.3 Å². The van der Waals surface area contributed by atoms with Crippen molar-refractivity contribution in [2.75, 3.05) is 11.1 Å². The maximum Gasteiger partial charge on any atom is 0.121 e. The fourth-order valence-corrected chi connectivity index (χ4v) is 0.821. The third-order valence-electron chi connectivity index (χ3n) is 1.29. The van der Waals surface area contributed by atoms with E-state index in [-0.39, 0.29) is 0 Å². The first kappa shape index (κ1) is 11.8. The van der Waals surface area contributed by atoms with E-state index in [1.165, 1.54) is 0 Å². The van der Waals surface area contributed by atoms with Gasteiger partial charge in [0.05, 0.1) is 0 Å². The summed E-state index contributed by atoms with van der Waals surface area (Å²) in [6.45, 7) is 5.66. The molecule has 0 saturated carbocycles. The largest absolute Gasteiger partial charge is 0.399 e. The zero-order valence-corrected chi connectivity index (χ0v) is 8.41. The number of hydrogen-bond acceptors (Lipinski definition) is 3. The van der Waals surface area contributed by atoms with Gasteiger partial charge in [-0.15, -0.1) is 0 Å². The molecule has 3 heteroatoms. The maximum atomic E-state index is 8.93. The maximum absolute atomic E-state index is 8.93. The Bertz CT molecular complexity index is 219. The van der Waals surface area contributed by atoms with E-state index >= 15 is 0 Å². The van der Waals surface area contributed by atoms with Crippen LogP contribution in [0.3, 0.4) is 0 Å². The van der Waals surface area contributed by atoms with Crippen LogP contribution >= 0.6 is 0 Å². The molecule has 1 rings (SSSR count). The summed E-state index contributed by atoms with van der Waals surface area (Å²) < 4.78 is 0. The van der Waals surface area contributed by atoms with Gasteiger partial charge in [0.15, 0.2) is 0 Å². The molecule has 3 nitrogen and oxygen atoms in total. The van der Waals surface area contributed by atoms with Crippen molar-refractivity contribution in [3.63, 3.8) is 0 Å². The van der Waals surface area contributed by atoms with Crippen LogP contribution < -0.4 is 11.1 Å². The zero-order valence-electron chi connectivity index (χ0n) is 8.41. The summed E-state index contributed by atoms with van der Waals surface area (Å²) in [5, 5.41) is 11.8. The minimum Gasteiger partial charge on any atom is -0.399 e. The summed E-state index contributed by atoms with van der Waals surface area (Å²) >= 11 is 0. The highest BCUT2D eigenvalue weighted by Gasteiger charge is 1.93. The number of aliphatic hydroxyl groups excluding tert-OH is 1. The molecule has 0 heterocycles. The summed E-state index contributed by atoms with van der Waals surface area (Å²) in [5.41, 5.74) is 7.06. The van der Waals surface area contributed by atoms with Crippen molar-refractivity contribution in [2.45, 2.75) is 27.0 Å². The van der Waals surface area contributed by atoms with Crippen LogP contribution in [0.25, 0.3) is 0 Å². The number of aliphatic hydroxyl groups is 1. The predicted molar refractivity (Wildman–Crippen MR) is 57.5 cm³/mol. The molecule has 1 atom stereocenters. The lowest BCUT2D eigenvalue weighted by atomic mass is 10.3. The average Bonchev–Trinajstić information content (AvgIpc) is 2.12. The second kappa shape index (κ2) is 6.31. The Morgan fingerprint density at radius 3 is 2.08 bits per heavy atom. The Labute approximate surface area is 79.6 Å². The van der Waals surface area contributed by atoms with Gasteiger partial charge in [0.2, 0.25) is 0 Å². The Balaban J connectivity index is 0.000000671. The van der Waals surface area contributed by atoms with Gasteiger partial charge < -0.3 is 16.2 Å². The number of nitrogens with two attached hydrogens (primary N) is 1. The van der Waals surface area contributed by atoms with Crippen LogP contribution in [0.5, 0.6) is 0 Å². The molecule has 1 aromatic rings. The van der Waals surface area contributed by atoms with E-state index in [0.29, 0.717) is 0 Å². The van der Waals surface area contributed by atoms with E-state index < -0.39 is 6.23 Å². The molecule has 0 aliphatic rings. The Kier molecular flexibility index (Phi) is 5.72. The molecule has 1 aromatic carbocycles. The standard InChI is InChI=1S/C8H12N2O.C2H6/c1-6(11)10-8-4-2-7(9)3-5-8;1-2/h2-6,10-11H,9H2,1H3;1-2H3. The van der Waals surface area contributed by atoms with Gasteiger partial charge in [0.25, 0.3) is 0 Å². The molecular weight excluding hydrogens is 164 g/mol. The second-order valence-corrected chi connectivity index (χ2v) is 2.44. The minimum absolute atomic E-state index is 0.529. The van der Waals surface area contributed by atoms with Gasteiger partial charge in [-0.3, -0.25) is 0 Å². The van der Waals surface area contributed by atoms with Gasteiger partial charge in [-0.05, 0) is 31.2 Å². The molecular formula is C10H18N2O. The lowest BCUT2D eigenvalue weighted by Crippen LogP contribution is -2.12. The van der Waals surface area contributed by atoms with Crippen LogP contribution in [0.1, 0.15) is 20.8 Å². The highest BCUT2D eigenvalue weighted by molar-refractivity contribution is 5.51. The molecule has 0 aromatic heterocycles. The normalized spacial score (nSPS) is 11.1. The monoisotopic (exact) mass is 182 g/mol. The zero-order chi connectivity index (χ0) is 10.3. The van der Waals surface area contributed by atoms with Gasteiger partial charge in [0, 0.05) is 11.4 Å². The van der Waals surface area contributed by atoms with E-state index in [0.717, 1.165) is 11.4 Å². The van der Waals surface area contributed by atoms with Crippen molar-refractivity contribution in [1.82, 2.24) is 0 Å². The summed E-state index contributed by atoms with van der Waals surface area (Å²) in [7, 11) is 0. The van der Waals surface area contributed by atoms with Crippen LogP contribution in [0.15, 0.2) is 24.3 Å². The van der Waals surface area contributed by atoms with E-state index in [1.807, 2.05) is 26.0 Å². The Hall–Kier alpha value is -1.22. The van der Waals surface area contributed by atoms with Crippen LogP contribution in [0, 0.1) is 0 Å². The average molecular weight is 182 g/mol. The number of rotatable bonds is 2. The number of benzene rings is 1. The Morgan fingerprint density at radius 1 is 1.23 bits per heavy atom. The lowest BCUT2D eigenvalue weighted by molar-refractivity contribution is 0.224. The first-order valence-electron chi connectivity index (χ1n) is 4.48. The molecule has 74 valence electrons. The fourth-order valence-electron chi connectivity index (χ4n) is 0.821.